The van der Waals surface area contributed by atoms with Crippen molar-refractivity contribution in [3.8, 4) is 0 Å². The largest absolute Gasteiger partial charge is 0.338 e. The van der Waals surface area contributed by atoms with Gasteiger partial charge in [0, 0.05) is 26.2 Å². The zero-order chi connectivity index (χ0) is 18.1. The Morgan fingerprint density at radius 3 is 2.56 bits per heavy atom. The summed E-state index contributed by atoms with van der Waals surface area (Å²) in [6.45, 7) is 3.69. The van der Waals surface area contributed by atoms with E-state index < -0.39 is 15.4 Å². The highest BCUT2D eigenvalue weighted by molar-refractivity contribution is 7.89. The van der Waals surface area contributed by atoms with Crippen LogP contribution in [-0.2, 0) is 21.4 Å². The third kappa shape index (κ3) is 3.72. The standard InChI is InChI=1S/C18H25FN2O3S/c1-2-12-25(23,24)21-11-9-18(14-21)8-3-10-20(17(18)22)13-15-4-6-16(19)7-5-15/h4-7H,2-3,8-14H2,1H3/t18-/m1/s1. The van der Waals surface area contributed by atoms with Crippen LogP contribution in [0.5, 0.6) is 0 Å². The maximum Gasteiger partial charge on any atom is 0.230 e. The average molecular weight is 368 g/mol. The van der Waals surface area contributed by atoms with Gasteiger partial charge < -0.3 is 4.90 Å². The molecule has 1 amide bonds. The predicted molar refractivity (Wildman–Crippen MR) is 93.8 cm³/mol. The number of nitrogens with zero attached hydrogens (tertiary/aromatic N) is 2. The number of carbonyl (C=O) groups is 1. The number of rotatable bonds is 5. The summed E-state index contributed by atoms with van der Waals surface area (Å²) in [6.07, 6.45) is 2.78. The van der Waals surface area contributed by atoms with Crippen molar-refractivity contribution in [2.24, 2.45) is 5.41 Å². The van der Waals surface area contributed by atoms with Gasteiger partial charge in [0.05, 0.1) is 11.2 Å². The fourth-order valence-electron chi connectivity index (χ4n) is 3.95. The second kappa shape index (κ2) is 7.03. The SMILES string of the molecule is CCCS(=O)(=O)N1CC[C@]2(CCCN(Cc3ccc(F)cc3)C2=O)C1. The molecule has 1 atom stereocenters. The Labute approximate surface area is 148 Å². The molecule has 0 unspecified atom stereocenters. The first-order valence-electron chi connectivity index (χ1n) is 8.88. The van der Waals surface area contributed by atoms with Crippen molar-refractivity contribution in [1.82, 2.24) is 9.21 Å². The van der Waals surface area contributed by atoms with Crippen molar-refractivity contribution in [2.45, 2.75) is 39.2 Å². The van der Waals surface area contributed by atoms with E-state index >= 15 is 0 Å². The van der Waals surface area contributed by atoms with Crippen LogP contribution in [0.25, 0.3) is 0 Å². The molecule has 25 heavy (non-hydrogen) atoms. The fraction of sp³-hybridized carbons (Fsp3) is 0.611. The van der Waals surface area contributed by atoms with Crippen LogP contribution in [-0.4, -0.2) is 48.9 Å². The number of likely N-dealkylation sites (tertiary alicyclic amines) is 1. The van der Waals surface area contributed by atoms with Gasteiger partial charge in [0.15, 0.2) is 0 Å². The van der Waals surface area contributed by atoms with Crippen LogP contribution in [0.4, 0.5) is 4.39 Å². The van der Waals surface area contributed by atoms with Gasteiger partial charge in [-0.05, 0) is 43.4 Å². The minimum absolute atomic E-state index is 0.0391. The normalized spacial score (nSPS) is 25.0. The quantitative estimate of drug-likeness (QED) is 0.802. The molecule has 1 aromatic rings. The molecular formula is C18H25FN2O3S. The van der Waals surface area contributed by atoms with E-state index in [1.54, 1.807) is 17.0 Å². The molecule has 3 rings (SSSR count). The zero-order valence-electron chi connectivity index (χ0n) is 14.6. The second-order valence-electron chi connectivity index (χ2n) is 7.14. The molecule has 2 fully saturated rings. The summed E-state index contributed by atoms with van der Waals surface area (Å²) in [4.78, 5) is 14.9. The molecule has 5 nitrogen and oxygen atoms in total. The Hall–Kier alpha value is -1.47. The minimum Gasteiger partial charge on any atom is -0.338 e. The van der Waals surface area contributed by atoms with Crippen LogP contribution < -0.4 is 0 Å². The van der Waals surface area contributed by atoms with Gasteiger partial charge in [-0.1, -0.05) is 19.1 Å². The fourth-order valence-corrected chi connectivity index (χ4v) is 5.54. The molecular weight excluding hydrogens is 343 g/mol. The third-order valence-corrected chi connectivity index (χ3v) is 7.31. The Morgan fingerprint density at radius 1 is 1.16 bits per heavy atom. The molecule has 0 saturated carbocycles. The number of carbonyl (C=O) groups excluding carboxylic acids is 1. The molecule has 1 aromatic carbocycles. The van der Waals surface area contributed by atoms with Crippen molar-refractivity contribution in [1.29, 1.82) is 0 Å². The molecule has 138 valence electrons. The summed E-state index contributed by atoms with van der Waals surface area (Å²) >= 11 is 0. The number of benzene rings is 1. The molecule has 7 heteroatoms. The van der Waals surface area contributed by atoms with Crippen LogP contribution in [0, 0.1) is 11.2 Å². The third-order valence-electron chi connectivity index (χ3n) is 5.29. The Kier molecular flexibility index (Phi) is 5.16. The van der Waals surface area contributed by atoms with Gasteiger partial charge in [0.2, 0.25) is 15.9 Å². The number of amides is 1. The Bertz CT molecular complexity index is 735. The van der Waals surface area contributed by atoms with E-state index in [0.29, 0.717) is 39.0 Å². The highest BCUT2D eigenvalue weighted by atomic mass is 32.2. The lowest BCUT2D eigenvalue weighted by Gasteiger charge is -2.39. The molecule has 0 aromatic heterocycles. The van der Waals surface area contributed by atoms with Crippen molar-refractivity contribution < 1.29 is 17.6 Å². The summed E-state index contributed by atoms with van der Waals surface area (Å²) < 4.78 is 39.2. The smallest absolute Gasteiger partial charge is 0.230 e. The maximum atomic E-state index is 13.1. The molecule has 1 spiro atoms. The molecule has 2 aliphatic rings. The maximum absolute atomic E-state index is 13.1. The van der Waals surface area contributed by atoms with Gasteiger partial charge in [-0.25, -0.2) is 17.1 Å². The van der Waals surface area contributed by atoms with E-state index in [9.17, 15) is 17.6 Å². The number of hydrogen-bond acceptors (Lipinski definition) is 3. The average Bonchev–Trinajstić information content (AvgIpc) is 3.00. The topological polar surface area (TPSA) is 57.7 Å². The van der Waals surface area contributed by atoms with E-state index in [1.807, 2.05) is 6.92 Å². The van der Waals surface area contributed by atoms with Gasteiger partial charge in [-0.3, -0.25) is 4.79 Å². The van der Waals surface area contributed by atoms with Gasteiger partial charge in [-0.15, -0.1) is 0 Å². The highest BCUT2D eigenvalue weighted by Crippen LogP contribution is 2.41. The van der Waals surface area contributed by atoms with E-state index in [1.165, 1.54) is 16.4 Å². The Morgan fingerprint density at radius 2 is 1.88 bits per heavy atom. The summed E-state index contributed by atoms with van der Waals surface area (Å²) in [7, 11) is -3.27. The molecule has 0 radical (unpaired) electrons. The van der Waals surface area contributed by atoms with Crippen molar-refractivity contribution in [3.63, 3.8) is 0 Å². The van der Waals surface area contributed by atoms with E-state index in [-0.39, 0.29) is 17.5 Å². The van der Waals surface area contributed by atoms with Gasteiger partial charge in [0.1, 0.15) is 5.82 Å². The summed E-state index contributed by atoms with van der Waals surface area (Å²) in [5, 5.41) is 0. The predicted octanol–water partition coefficient (Wildman–Crippen LogP) is 2.38. The van der Waals surface area contributed by atoms with Crippen LogP contribution in [0.15, 0.2) is 24.3 Å². The van der Waals surface area contributed by atoms with Crippen molar-refractivity contribution >= 4 is 15.9 Å². The molecule has 2 saturated heterocycles. The number of sulfonamides is 1. The highest BCUT2D eigenvalue weighted by Gasteiger charge is 2.50. The van der Waals surface area contributed by atoms with E-state index in [2.05, 4.69) is 0 Å². The number of piperidine rings is 1. The van der Waals surface area contributed by atoms with E-state index in [4.69, 9.17) is 0 Å². The second-order valence-corrected chi connectivity index (χ2v) is 9.23. The lowest BCUT2D eigenvalue weighted by Crippen LogP contribution is -2.50. The molecule has 0 aliphatic carbocycles. The first kappa shape index (κ1) is 18.3. The molecule has 0 N–H and O–H groups in total. The van der Waals surface area contributed by atoms with Gasteiger partial charge in [0.25, 0.3) is 0 Å². The first-order chi connectivity index (χ1) is 11.9. The van der Waals surface area contributed by atoms with Gasteiger partial charge >= 0.3 is 0 Å². The lowest BCUT2D eigenvalue weighted by atomic mass is 9.78. The number of hydrogen-bond donors (Lipinski definition) is 0. The molecule has 0 bridgehead atoms. The van der Waals surface area contributed by atoms with Gasteiger partial charge in [-0.2, -0.15) is 0 Å². The van der Waals surface area contributed by atoms with Crippen LogP contribution in [0.3, 0.4) is 0 Å². The molecule has 2 aliphatic heterocycles. The zero-order valence-corrected chi connectivity index (χ0v) is 15.4. The lowest BCUT2D eigenvalue weighted by molar-refractivity contribution is -0.146. The Balaban J connectivity index is 1.73. The summed E-state index contributed by atoms with van der Waals surface area (Å²) in [5.74, 6) is -0.119. The first-order valence-corrected chi connectivity index (χ1v) is 10.5. The molecule has 2 heterocycles. The van der Waals surface area contributed by atoms with E-state index in [0.717, 1.165) is 18.4 Å². The van der Waals surface area contributed by atoms with Crippen LogP contribution >= 0.6 is 0 Å². The number of halogens is 1. The minimum atomic E-state index is -3.27. The van der Waals surface area contributed by atoms with Crippen molar-refractivity contribution in [2.75, 3.05) is 25.4 Å². The summed E-state index contributed by atoms with van der Waals surface area (Å²) in [5.41, 5.74) is 0.305. The summed E-state index contributed by atoms with van der Waals surface area (Å²) in [6, 6.07) is 6.18. The van der Waals surface area contributed by atoms with Crippen LogP contribution in [0.1, 0.15) is 38.2 Å². The van der Waals surface area contributed by atoms with Crippen molar-refractivity contribution in [3.05, 3.63) is 35.6 Å². The van der Waals surface area contributed by atoms with Crippen LogP contribution in [0.2, 0.25) is 0 Å². The monoisotopic (exact) mass is 368 g/mol.